The molecule has 0 amide bonds. The van der Waals surface area contributed by atoms with E-state index in [-0.39, 0.29) is 28.8 Å². The quantitative estimate of drug-likeness (QED) is 0.783. The van der Waals surface area contributed by atoms with Crippen LogP contribution in [0.15, 0.2) is 18.2 Å². The molecular weight excluding hydrogens is 276 g/mol. The summed E-state index contributed by atoms with van der Waals surface area (Å²) < 4.78 is 28.7. The second-order valence-electron chi connectivity index (χ2n) is 6.33. The van der Waals surface area contributed by atoms with E-state index in [2.05, 4.69) is 0 Å². The third kappa shape index (κ3) is 2.46. The Balaban J connectivity index is 1.85. The van der Waals surface area contributed by atoms with E-state index in [4.69, 9.17) is 4.74 Å². The molecule has 1 saturated heterocycles. The summed E-state index contributed by atoms with van der Waals surface area (Å²) in [5.41, 5.74) is 1.40. The van der Waals surface area contributed by atoms with E-state index >= 15 is 0 Å². The molecule has 2 heterocycles. The highest BCUT2D eigenvalue weighted by molar-refractivity contribution is 7.91. The number of hydrogen-bond donors (Lipinski definition) is 0. The van der Waals surface area contributed by atoms with Gasteiger partial charge in [-0.1, -0.05) is 0 Å². The first-order valence-corrected chi connectivity index (χ1v) is 8.64. The summed E-state index contributed by atoms with van der Waals surface area (Å²) in [7, 11) is -3.02. The number of carbonyl (C=O) groups is 1. The summed E-state index contributed by atoms with van der Waals surface area (Å²) in [4.78, 5) is 12.4. The highest BCUT2D eigenvalue weighted by Crippen LogP contribution is 2.36. The number of Topliss-reactive ketones (excluding diaryl/α,β-unsaturated/α-hetero) is 1. The number of fused-ring (bicyclic) bond motifs is 1. The normalized spacial score (nSPS) is 26.0. The highest BCUT2D eigenvalue weighted by Gasteiger charge is 2.35. The zero-order valence-corrected chi connectivity index (χ0v) is 12.5. The first kappa shape index (κ1) is 13.6. The Morgan fingerprint density at radius 1 is 1.35 bits per heavy atom. The van der Waals surface area contributed by atoms with Crippen LogP contribution in [0.5, 0.6) is 5.75 Å². The summed E-state index contributed by atoms with van der Waals surface area (Å²) in [6.45, 7) is 4.02. The monoisotopic (exact) mass is 294 g/mol. The molecule has 2 aliphatic heterocycles. The Labute approximate surface area is 119 Å². The Kier molecular flexibility index (Phi) is 2.94. The van der Waals surface area contributed by atoms with Crippen molar-refractivity contribution in [1.29, 1.82) is 0 Å². The minimum Gasteiger partial charge on any atom is -0.487 e. The van der Waals surface area contributed by atoms with Crippen LogP contribution in [0.2, 0.25) is 0 Å². The van der Waals surface area contributed by atoms with Crippen molar-refractivity contribution < 1.29 is 17.9 Å². The smallest absolute Gasteiger partial charge is 0.167 e. The molecule has 4 nitrogen and oxygen atoms in total. The fourth-order valence-corrected chi connectivity index (χ4v) is 4.74. The molecule has 1 atom stereocenters. The third-order valence-electron chi connectivity index (χ3n) is 3.95. The van der Waals surface area contributed by atoms with Gasteiger partial charge in [0.2, 0.25) is 0 Å². The molecule has 0 aromatic heterocycles. The maximum Gasteiger partial charge on any atom is 0.167 e. The summed E-state index contributed by atoms with van der Waals surface area (Å²) in [5.74, 6) is 0.507. The number of carbonyl (C=O) groups excluding carboxylic acids is 1. The first-order valence-electron chi connectivity index (χ1n) is 6.82. The fraction of sp³-hybridized carbons (Fsp3) is 0.533. The van der Waals surface area contributed by atoms with Gasteiger partial charge in [-0.25, -0.2) is 8.42 Å². The van der Waals surface area contributed by atoms with Crippen LogP contribution in [0.4, 0.5) is 0 Å². The molecule has 1 aromatic rings. The van der Waals surface area contributed by atoms with Gasteiger partial charge in [-0.05, 0) is 44.0 Å². The number of rotatable bonds is 2. The molecule has 0 N–H and O–H groups in total. The van der Waals surface area contributed by atoms with Crippen molar-refractivity contribution in [2.75, 3.05) is 11.5 Å². The third-order valence-corrected chi connectivity index (χ3v) is 5.72. The molecule has 0 bridgehead atoms. The summed E-state index contributed by atoms with van der Waals surface area (Å²) in [6, 6.07) is 5.42. The van der Waals surface area contributed by atoms with Crippen molar-refractivity contribution in [2.24, 2.45) is 5.92 Å². The SMILES string of the molecule is CC1(C)Cc2cc(C(=O)C3CCS(=O)(=O)C3)ccc2O1. The Bertz CT molecular complexity index is 673. The lowest BCUT2D eigenvalue weighted by Crippen LogP contribution is -2.24. The Morgan fingerprint density at radius 3 is 2.75 bits per heavy atom. The second kappa shape index (κ2) is 4.32. The standard InChI is InChI=1S/C15H18O4S/c1-15(2)8-12-7-10(3-4-13(12)19-15)14(16)11-5-6-20(17,18)9-11/h3-4,7,11H,5-6,8-9H2,1-2H3. The van der Waals surface area contributed by atoms with Gasteiger partial charge in [0, 0.05) is 17.9 Å². The van der Waals surface area contributed by atoms with E-state index in [1.54, 1.807) is 6.07 Å². The maximum absolute atomic E-state index is 12.4. The number of ketones is 1. The zero-order chi connectivity index (χ0) is 14.5. The molecule has 0 spiro atoms. The van der Waals surface area contributed by atoms with Crippen LogP contribution < -0.4 is 4.74 Å². The van der Waals surface area contributed by atoms with Crippen molar-refractivity contribution >= 4 is 15.6 Å². The largest absolute Gasteiger partial charge is 0.487 e. The van der Waals surface area contributed by atoms with Crippen molar-refractivity contribution in [2.45, 2.75) is 32.3 Å². The van der Waals surface area contributed by atoms with Crippen LogP contribution in [0.25, 0.3) is 0 Å². The van der Waals surface area contributed by atoms with Gasteiger partial charge in [0.1, 0.15) is 11.4 Å². The minimum absolute atomic E-state index is 0.00902. The molecule has 1 unspecified atom stereocenters. The van der Waals surface area contributed by atoms with Gasteiger partial charge in [-0.3, -0.25) is 4.79 Å². The molecular formula is C15H18O4S. The Hall–Kier alpha value is -1.36. The van der Waals surface area contributed by atoms with Crippen LogP contribution in [0, 0.1) is 5.92 Å². The van der Waals surface area contributed by atoms with Gasteiger partial charge in [0.05, 0.1) is 11.5 Å². The van der Waals surface area contributed by atoms with Crippen LogP contribution in [-0.2, 0) is 16.3 Å². The first-order chi connectivity index (χ1) is 9.26. The molecule has 3 rings (SSSR count). The number of sulfone groups is 1. The van der Waals surface area contributed by atoms with Gasteiger partial charge in [-0.2, -0.15) is 0 Å². The van der Waals surface area contributed by atoms with E-state index in [0.29, 0.717) is 12.0 Å². The molecule has 5 heteroatoms. The highest BCUT2D eigenvalue weighted by atomic mass is 32.2. The lowest BCUT2D eigenvalue weighted by Gasteiger charge is -2.16. The molecule has 1 aromatic carbocycles. The maximum atomic E-state index is 12.4. The summed E-state index contributed by atoms with van der Waals surface area (Å²) in [5, 5.41) is 0. The van der Waals surface area contributed by atoms with E-state index < -0.39 is 9.84 Å². The van der Waals surface area contributed by atoms with Crippen molar-refractivity contribution in [3.8, 4) is 5.75 Å². The van der Waals surface area contributed by atoms with Crippen LogP contribution in [-0.4, -0.2) is 31.3 Å². The molecule has 1 fully saturated rings. The fourth-order valence-electron chi connectivity index (χ4n) is 3.00. The molecule has 20 heavy (non-hydrogen) atoms. The van der Waals surface area contributed by atoms with Gasteiger partial charge in [0.25, 0.3) is 0 Å². The van der Waals surface area contributed by atoms with Crippen LogP contribution in [0.3, 0.4) is 0 Å². The average molecular weight is 294 g/mol. The predicted molar refractivity (Wildman–Crippen MR) is 75.9 cm³/mol. The Morgan fingerprint density at radius 2 is 2.10 bits per heavy atom. The molecule has 108 valence electrons. The summed E-state index contributed by atoms with van der Waals surface area (Å²) in [6.07, 6.45) is 1.21. The molecule has 0 saturated carbocycles. The van der Waals surface area contributed by atoms with Gasteiger partial charge in [-0.15, -0.1) is 0 Å². The average Bonchev–Trinajstić information content (AvgIpc) is 2.84. The topological polar surface area (TPSA) is 60.4 Å². The summed E-state index contributed by atoms with van der Waals surface area (Å²) >= 11 is 0. The molecule has 2 aliphatic rings. The number of ether oxygens (including phenoxy) is 1. The van der Waals surface area contributed by atoms with E-state index in [9.17, 15) is 13.2 Å². The zero-order valence-electron chi connectivity index (χ0n) is 11.7. The van der Waals surface area contributed by atoms with Crippen LogP contribution in [0.1, 0.15) is 36.2 Å². The van der Waals surface area contributed by atoms with Crippen molar-refractivity contribution in [3.63, 3.8) is 0 Å². The van der Waals surface area contributed by atoms with Crippen molar-refractivity contribution in [1.82, 2.24) is 0 Å². The minimum atomic E-state index is -3.02. The number of hydrogen-bond acceptors (Lipinski definition) is 4. The van der Waals surface area contributed by atoms with E-state index in [0.717, 1.165) is 17.7 Å². The van der Waals surface area contributed by atoms with E-state index in [1.165, 1.54) is 0 Å². The van der Waals surface area contributed by atoms with Gasteiger partial charge in [0.15, 0.2) is 15.6 Å². The predicted octanol–water partition coefficient (Wildman–Crippen LogP) is 2.02. The second-order valence-corrected chi connectivity index (χ2v) is 8.55. The lowest BCUT2D eigenvalue weighted by atomic mass is 9.94. The van der Waals surface area contributed by atoms with E-state index in [1.807, 2.05) is 26.0 Å². The molecule has 0 aliphatic carbocycles. The lowest BCUT2D eigenvalue weighted by molar-refractivity contribution is 0.0933. The van der Waals surface area contributed by atoms with Gasteiger partial charge >= 0.3 is 0 Å². The number of benzene rings is 1. The van der Waals surface area contributed by atoms with Crippen LogP contribution >= 0.6 is 0 Å². The van der Waals surface area contributed by atoms with Gasteiger partial charge < -0.3 is 4.74 Å². The van der Waals surface area contributed by atoms with Crippen molar-refractivity contribution in [3.05, 3.63) is 29.3 Å². The molecule has 0 radical (unpaired) electrons.